The van der Waals surface area contributed by atoms with Gasteiger partial charge >= 0.3 is 5.97 Å². The van der Waals surface area contributed by atoms with E-state index in [0.29, 0.717) is 5.56 Å². The van der Waals surface area contributed by atoms with Crippen LogP contribution in [0.3, 0.4) is 0 Å². The fourth-order valence-electron chi connectivity index (χ4n) is 3.35. The van der Waals surface area contributed by atoms with Crippen molar-refractivity contribution < 1.29 is 24.7 Å². The molecule has 3 aromatic carbocycles. The third kappa shape index (κ3) is 4.22. The number of nitro groups is 1. The monoisotopic (exact) mass is 446 g/mol. The number of phenols is 1. The summed E-state index contributed by atoms with van der Waals surface area (Å²) in [6, 6.07) is 16.4. The van der Waals surface area contributed by atoms with E-state index in [4.69, 9.17) is 4.74 Å². The van der Waals surface area contributed by atoms with Gasteiger partial charge in [0.2, 0.25) is 5.88 Å². The van der Waals surface area contributed by atoms with Gasteiger partial charge in [-0.25, -0.2) is 4.79 Å². The van der Waals surface area contributed by atoms with Crippen LogP contribution in [0.4, 0.5) is 17.1 Å². The summed E-state index contributed by atoms with van der Waals surface area (Å²) in [6.45, 7) is 1.73. The molecule has 0 radical (unpaired) electrons. The number of benzene rings is 3. The highest BCUT2D eigenvalue weighted by molar-refractivity contribution is 6.04. The van der Waals surface area contributed by atoms with E-state index >= 15 is 0 Å². The number of nitrogens with zero attached hydrogens (tertiary/aromatic N) is 3. The highest BCUT2D eigenvalue weighted by atomic mass is 16.6. The molecule has 3 N–H and O–H groups in total. The first-order valence-electron chi connectivity index (χ1n) is 9.89. The van der Waals surface area contributed by atoms with Gasteiger partial charge in [0.25, 0.3) is 5.69 Å². The van der Waals surface area contributed by atoms with E-state index in [2.05, 4.69) is 15.2 Å². The molecule has 1 heterocycles. The van der Waals surface area contributed by atoms with Gasteiger partial charge < -0.3 is 19.9 Å². The molecule has 0 aliphatic carbocycles. The zero-order valence-corrected chi connectivity index (χ0v) is 17.3. The number of hydrogen-bond acceptors (Lipinski definition) is 8. The molecule has 166 valence electrons. The molecule has 33 heavy (non-hydrogen) atoms. The van der Waals surface area contributed by atoms with E-state index in [9.17, 15) is 25.1 Å². The normalized spacial score (nSPS) is 11.2. The number of non-ortho nitro benzene ring substituents is 1. The summed E-state index contributed by atoms with van der Waals surface area (Å²) < 4.78 is 5.15. The fraction of sp³-hybridized carbons (Fsp3) is 0.0870. The van der Waals surface area contributed by atoms with Crippen LogP contribution >= 0.6 is 0 Å². The molecule has 10 heteroatoms. The Morgan fingerprint density at radius 1 is 1.06 bits per heavy atom. The van der Waals surface area contributed by atoms with Crippen molar-refractivity contribution in [1.82, 2.24) is 4.98 Å². The van der Waals surface area contributed by atoms with Crippen LogP contribution in [0.5, 0.6) is 11.6 Å². The van der Waals surface area contributed by atoms with Gasteiger partial charge in [-0.3, -0.25) is 10.1 Å². The molecule has 0 saturated heterocycles. The van der Waals surface area contributed by atoms with Crippen molar-refractivity contribution in [2.45, 2.75) is 6.92 Å². The number of phenolic OH excluding ortho intramolecular Hbond substituents is 1. The molecule has 0 spiro atoms. The number of esters is 1. The third-order valence-corrected chi connectivity index (χ3v) is 4.90. The van der Waals surface area contributed by atoms with Crippen molar-refractivity contribution in [1.29, 1.82) is 0 Å². The largest absolute Gasteiger partial charge is 0.506 e. The predicted molar refractivity (Wildman–Crippen MR) is 120 cm³/mol. The van der Waals surface area contributed by atoms with Crippen LogP contribution in [-0.2, 0) is 4.74 Å². The molecule has 0 unspecified atom stereocenters. The van der Waals surface area contributed by atoms with E-state index in [1.54, 1.807) is 13.0 Å². The maximum Gasteiger partial charge on any atom is 0.342 e. The van der Waals surface area contributed by atoms with Crippen LogP contribution in [0.2, 0.25) is 0 Å². The summed E-state index contributed by atoms with van der Waals surface area (Å²) in [7, 11) is 0. The summed E-state index contributed by atoms with van der Waals surface area (Å²) in [5.74, 6) is -1.55. The minimum absolute atomic E-state index is 0.0571. The second-order valence-electron chi connectivity index (χ2n) is 6.98. The van der Waals surface area contributed by atoms with Gasteiger partial charge in [-0.05, 0) is 35.4 Å². The number of nitro benzene ring substituents is 1. The van der Waals surface area contributed by atoms with E-state index in [1.165, 1.54) is 0 Å². The molecule has 0 saturated carbocycles. The number of aromatic hydroxyl groups is 2. The standard InChI is InChI=1S/C23H18N4O6/c1-2-33-23(30)19-20(15-8-7-13-5-3-4-6-14(13)11-15)24-22(29)21(19)26-25-17-12-16(27(31)32)9-10-18(17)28/h3-12,24,28-29H,2H2,1H3. The Morgan fingerprint density at radius 2 is 1.82 bits per heavy atom. The van der Waals surface area contributed by atoms with Crippen LogP contribution in [0.15, 0.2) is 70.9 Å². The van der Waals surface area contributed by atoms with Gasteiger partial charge in [0.15, 0.2) is 5.69 Å². The minimum Gasteiger partial charge on any atom is -0.506 e. The summed E-state index contributed by atoms with van der Waals surface area (Å²) in [6.07, 6.45) is 0. The van der Waals surface area contributed by atoms with E-state index in [1.807, 2.05) is 36.4 Å². The molecule has 0 atom stereocenters. The molecule has 0 amide bonds. The Kier molecular flexibility index (Phi) is 5.73. The third-order valence-electron chi connectivity index (χ3n) is 4.90. The van der Waals surface area contributed by atoms with Crippen molar-refractivity contribution in [3.8, 4) is 22.9 Å². The quantitative estimate of drug-likeness (QED) is 0.149. The van der Waals surface area contributed by atoms with Crippen molar-refractivity contribution in [3.05, 3.63) is 76.3 Å². The minimum atomic E-state index is -0.741. The van der Waals surface area contributed by atoms with Crippen LogP contribution in [0.1, 0.15) is 17.3 Å². The lowest BCUT2D eigenvalue weighted by Crippen LogP contribution is -2.05. The number of azo groups is 1. The SMILES string of the molecule is CCOC(=O)c1c(-c2ccc3ccccc3c2)[nH]c(O)c1N=Nc1cc([N+](=O)[O-])ccc1O. The van der Waals surface area contributed by atoms with Crippen molar-refractivity contribution in [2.24, 2.45) is 10.2 Å². The molecule has 4 aromatic rings. The molecule has 0 aliphatic rings. The number of nitrogens with one attached hydrogen (secondary N) is 1. The Labute approximate surface area is 186 Å². The van der Waals surface area contributed by atoms with Gasteiger partial charge in [-0.1, -0.05) is 36.4 Å². The van der Waals surface area contributed by atoms with E-state index in [-0.39, 0.29) is 40.7 Å². The number of aromatic amines is 1. The zero-order valence-electron chi connectivity index (χ0n) is 17.3. The Bertz CT molecular complexity index is 1410. The van der Waals surface area contributed by atoms with Gasteiger partial charge in [-0.2, -0.15) is 0 Å². The highest BCUT2D eigenvalue weighted by Crippen LogP contribution is 2.41. The zero-order chi connectivity index (χ0) is 23.5. The highest BCUT2D eigenvalue weighted by Gasteiger charge is 2.26. The lowest BCUT2D eigenvalue weighted by molar-refractivity contribution is -0.384. The van der Waals surface area contributed by atoms with Gasteiger partial charge in [-0.15, -0.1) is 10.2 Å². The second kappa shape index (κ2) is 8.79. The van der Waals surface area contributed by atoms with Gasteiger partial charge in [0, 0.05) is 12.1 Å². The lowest BCUT2D eigenvalue weighted by Gasteiger charge is -2.06. The summed E-state index contributed by atoms with van der Waals surface area (Å²) >= 11 is 0. The van der Waals surface area contributed by atoms with E-state index < -0.39 is 16.8 Å². The number of aromatic nitrogens is 1. The first-order chi connectivity index (χ1) is 15.9. The number of carbonyl (C=O) groups excluding carboxylic acids is 1. The number of fused-ring (bicyclic) bond motifs is 1. The van der Waals surface area contributed by atoms with Crippen LogP contribution in [0, 0.1) is 10.1 Å². The number of carbonyl (C=O) groups is 1. The number of hydrogen-bond donors (Lipinski definition) is 3. The average Bonchev–Trinajstić information content (AvgIpc) is 3.14. The summed E-state index contributed by atoms with van der Waals surface area (Å²) in [5.41, 5.74) is 0.0933. The Morgan fingerprint density at radius 3 is 2.55 bits per heavy atom. The van der Waals surface area contributed by atoms with Gasteiger partial charge in [0.1, 0.15) is 17.0 Å². The number of ether oxygens (including phenoxy) is 1. The molecular formula is C23H18N4O6. The fourth-order valence-corrected chi connectivity index (χ4v) is 3.35. The predicted octanol–water partition coefficient (Wildman–Crippen LogP) is 5.75. The molecule has 10 nitrogen and oxygen atoms in total. The first kappa shape index (κ1) is 21.5. The average molecular weight is 446 g/mol. The molecule has 0 fully saturated rings. The first-order valence-corrected chi connectivity index (χ1v) is 9.89. The van der Waals surface area contributed by atoms with Gasteiger partial charge in [0.05, 0.1) is 17.2 Å². The molecule has 0 aliphatic heterocycles. The van der Waals surface area contributed by atoms with Crippen molar-refractivity contribution in [3.63, 3.8) is 0 Å². The number of rotatable bonds is 6. The van der Waals surface area contributed by atoms with Crippen molar-refractivity contribution >= 4 is 33.8 Å². The summed E-state index contributed by atoms with van der Waals surface area (Å²) in [5, 5.41) is 41.1. The maximum atomic E-state index is 12.8. The van der Waals surface area contributed by atoms with Crippen LogP contribution < -0.4 is 0 Å². The van der Waals surface area contributed by atoms with E-state index in [0.717, 1.165) is 29.0 Å². The molecule has 1 aromatic heterocycles. The van der Waals surface area contributed by atoms with Crippen LogP contribution in [-0.4, -0.2) is 32.7 Å². The Balaban J connectivity index is 1.84. The molecule has 0 bridgehead atoms. The smallest absolute Gasteiger partial charge is 0.342 e. The maximum absolute atomic E-state index is 12.8. The second-order valence-corrected chi connectivity index (χ2v) is 6.98. The number of H-pyrrole nitrogens is 1. The topological polar surface area (TPSA) is 150 Å². The summed E-state index contributed by atoms with van der Waals surface area (Å²) in [4.78, 5) is 25.9. The van der Waals surface area contributed by atoms with Crippen molar-refractivity contribution in [2.75, 3.05) is 6.61 Å². The van der Waals surface area contributed by atoms with Crippen LogP contribution in [0.25, 0.3) is 22.0 Å². The molecule has 4 rings (SSSR count). The lowest BCUT2D eigenvalue weighted by atomic mass is 10.0. The molecular weight excluding hydrogens is 428 g/mol. The Hall–Kier alpha value is -4.73.